The number of carboxylic acids is 1. The second kappa shape index (κ2) is 12.4. The first kappa shape index (κ1) is 23.1. The van der Waals surface area contributed by atoms with Gasteiger partial charge in [-0.05, 0) is 30.4 Å². The lowest BCUT2D eigenvalue weighted by atomic mass is 9.91. The first-order valence-electron chi connectivity index (χ1n) is 10.1. The maximum absolute atomic E-state index is 13.0. The lowest BCUT2D eigenvalue weighted by molar-refractivity contribution is -0.144. The SMILES string of the molecule is N=C(N)NCCCC(NCc1ccccc1)C(=O)CC(Cc1ccccc1)C(=O)O. The van der Waals surface area contributed by atoms with Gasteiger partial charge in [-0.15, -0.1) is 0 Å². The van der Waals surface area contributed by atoms with E-state index in [9.17, 15) is 14.7 Å². The number of ketones is 1. The molecule has 160 valence electrons. The van der Waals surface area contributed by atoms with E-state index >= 15 is 0 Å². The number of Topliss-reactive ketones (excluding diaryl/α,β-unsaturated/α-hetero) is 1. The summed E-state index contributed by atoms with van der Waals surface area (Å²) < 4.78 is 0. The molecule has 7 heteroatoms. The highest BCUT2D eigenvalue weighted by Crippen LogP contribution is 2.16. The molecule has 0 radical (unpaired) electrons. The number of nitrogens with one attached hydrogen (secondary N) is 3. The number of rotatable bonds is 13. The van der Waals surface area contributed by atoms with Gasteiger partial charge in [0.05, 0.1) is 12.0 Å². The van der Waals surface area contributed by atoms with E-state index in [1.54, 1.807) is 0 Å². The molecule has 2 aromatic carbocycles. The quantitative estimate of drug-likeness (QED) is 0.196. The minimum atomic E-state index is -0.966. The molecule has 7 nitrogen and oxygen atoms in total. The topological polar surface area (TPSA) is 128 Å². The maximum atomic E-state index is 13.0. The van der Waals surface area contributed by atoms with Gasteiger partial charge in [0.15, 0.2) is 11.7 Å². The number of nitrogens with two attached hydrogens (primary N) is 1. The Balaban J connectivity index is 2.00. The number of guanidine groups is 1. The van der Waals surface area contributed by atoms with Crippen LogP contribution in [0, 0.1) is 11.3 Å². The summed E-state index contributed by atoms with van der Waals surface area (Å²) in [6, 6.07) is 18.6. The Kier molecular flexibility index (Phi) is 9.54. The van der Waals surface area contributed by atoms with Crippen LogP contribution < -0.4 is 16.4 Å². The van der Waals surface area contributed by atoms with Crippen molar-refractivity contribution in [1.82, 2.24) is 10.6 Å². The normalized spacial score (nSPS) is 12.7. The molecule has 2 aromatic rings. The summed E-state index contributed by atoms with van der Waals surface area (Å²) in [7, 11) is 0. The zero-order chi connectivity index (χ0) is 21.8. The summed E-state index contributed by atoms with van der Waals surface area (Å²) in [6.45, 7) is 1.01. The van der Waals surface area contributed by atoms with Crippen molar-refractivity contribution < 1.29 is 14.7 Å². The van der Waals surface area contributed by atoms with Gasteiger partial charge >= 0.3 is 5.97 Å². The van der Waals surface area contributed by atoms with Crippen molar-refractivity contribution in [3.63, 3.8) is 0 Å². The second-order valence-corrected chi connectivity index (χ2v) is 7.30. The van der Waals surface area contributed by atoms with E-state index in [0.29, 0.717) is 32.4 Å². The van der Waals surface area contributed by atoms with Crippen LogP contribution in [0.5, 0.6) is 0 Å². The molecule has 2 unspecified atom stereocenters. The lowest BCUT2D eigenvalue weighted by Crippen LogP contribution is -2.39. The fraction of sp³-hybridized carbons (Fsp3) is 0.348. The summed E-state index contributed by atoms with van der Waals surface area (Å²) in [5, 5.41) is 22.9. The largest absolute Gasteiger partial charge is 0.481 e. The van der Waals surface area contributed by atoms with Crippen molar-refractivity contribution in [2.45, 2.75) is 38.3 Å². The molecule has 0 heterocycles. The van der Waals surface area contributed by atoms with E-state index in [1.165, 1.54) is 0 Å². The second-order valence-electron chi connectivity index (χ2n) is 7.30. The van der Waals surface area contributed by atoms with Crippen LogP contribution in [0.1, 0.15) is 30.4 Å². The van der Waals surface area contributed by atoms with Gasteiger partial charge in [0.25, 0.3) is 0 Å². The number of carbonyl (C=O) groups is 2. The number of benzene rings is 2. The van der Waals surface area contributed by atoms with Crippen LogP contribution >= 0.6 is 0 Å². The van der Waals surface area contributed by atoms with Gasteiger partial charge in [0.2, 0.25) is 0 Å². The highest BCUT2D eigenvalue weighted by atomic mass is 16.4. The maximum Gasteiger partial charge on any atom is 0.307 e. The molecule has 0 amide bonds. The number of aliphatic carboxylic acids is 1. The molecule has 2 atom stereocenters. The van der Waals surface area contributed by atoms with Crippen molar-refractivity contribution in [1.29, 1.82) is 5.41 Å². The van der Waals surface area contributed by atoms with Crippen LogP contribution in [0.3, 0.4) is 0 Å². The predicted octanol–water partition coefficient (Wildman–Crippen LogP) is 2.31. The predicted molar refractivity (Wildman–Crippen MR) is 117 cm³/mol. The van der Waals surface area contributed by atoms with Crippen molar-refractivity contribution in [3.05, 3.63) is 71.8 Å². The van der Waals surface area contributed by atoms with Gasteiger partial charge in [-0.1, -0.05) is 60.7 Å². The average Bonchev–Trinajstić information content (AvgIpc) is 2.73. The molecule has 0 aliphatic carbocycles. The molecule has 0 fully saturated rings. The van der Waals surface area contributed by atoms with E-state index in [4.69, 9.17) is 11.1 Å². The van der Waals surface area contributed by atoms with Crippen LogP contribution in [0.2, 0.25) is 0 Å². The molecule has 0 spiro atoms. The Morgan fingerprint density at radius 1 is 1.00 bits per heavy atom. The average molecular weight is 411 g/mol. The molecule has 30 heavy (non-hydrogen) atoms. The molecule has 2 rings (SSSR count). The van der Waals surface area contributed by atoms with Crippen molar-refractivity contribution in [2.75, 3.05) is 6.54 Å². The van der Waals surface area contributed by atoms with Gasteiger partial charge in [-0.25, -0.2) is 0 Å². The van der Waals surface area contributed by atoms with E-state index in [2.05, 4.69) is 10.6 Å². The van der Waals surface area contributed by atoms with Gasteiger partial charge in [0.1, 0.15) is 0 Å². The molecule has 0 saturated heterocycles. The molecular weight excluding hydrogens is 380 g/mol. The first-order valence-corrected chi connectivity index (χ1v) is 10.1. The molecule has 0 saturated carbocycles. The lowest BCUT2D eigenvalue weighted by Gasteiger charge is -2.20. The Labute approximate surface area is 177 Å². The van der Waals surface area contributed by atoms with Gasteiger partial charge < -0.3 is 21.5 Å². The zero-order valence-electron chi connectivity index (χ0n) is 17.0. The van der Waals surface area contributed by atoms with Crippen molar-refractivity contribution >= 4 is 17.7 Å². The van der Waals surface area contributed by atoms with E-state index in [0.717, 1.165) is 11.1 Å². The zero-order valence-corrected chi connectivity index (χ0v) is 17.0. The smallest absolute Gasteiger partial charge is 0.307 e. The van der Waals surface area contributed by atoms with Gasteiger partial charge in [-0.3, -0.25) is 15.0 Å². The Hall–Kier alpha value is -3.19. The molecule has 0 aliphatic heterocycles. The summed E-state index contributed by atoms with van der Waals surface area (Å²) in [4.78, 5) is 24.7. The fourth-order valence-corrected chi connectivity index (χ4v) is 3.27. The van der Waals surface area contributed by atoms with Crippen LogP contribution in [-0.2, 0) is 22.6 Å². The van der Waals surface area contributed by atoms with E-state index < -0.39 is 17.9 Å². The highest BCUT2D eigenvalue weighted by Gasteiger charge is 2.26. The third-order valence-electron chi connectivity index (χ3n) is 4.89. The summed E-state index contributed by atoms with van der Waals surface area (Å²) in [6.07, 6.45) is 1.45. The summed E-state index contributed by atoms with van der Waals surface area (Å²) >= 11 is 0. The molecular formula is C23H30N4O3. The van der Waals surface area contributed by atoms with Gasteiger partial charge in [-0.2, -0.15) is 0 Å². The summed E-state index contributed by atoms with van der Waals surface area (Å²) in [5.41, 5.74) is 7.25. The van der Waals surface area contributed by atoms with Gasteiger partial charge in [0, 0.05) is 19.5 Å². The van der Waals surface area contributed by atoms with E-state index in [-0.39, 0.29) is 18.2 Å². The van der Waals surface area contributed by atoms with Crippen LogP contribution in [-0.4, -0.2) is 35.4 Å². The minimum Gasteiger partial charge on any atom is -0.481 e. The van der Waals surface area contributed by atoms with Crippen molar-refractivity contribution in [2.24, 2.45) is 11.7 Å². The first-order chi connectivity index (χ1) is 14.5. The van der Waals surface area contributed by atoms with Crippen LogP contribution in [0.25, 0.3) is 0 Å². The minimum absolute atomic E-state index is 0.0309. The molecule has 6 N–H and O–H groups in total. The van der Waals surface area contributed by atoms with E-state index in [1.807, 2.05) is 60.7 Å². The molecule has 0 aromatic heterocycles. The Bertz CT molecular complexity index is 812. The third-order valence-corrected chi connectivity index (χ3v) is 4.89. The Morgan fingerprint density at radius 3 is 2.17 bits per heavy atom. The number of hydrogen-bond donors (Lipinski definition) is 5. The number of carbonyl (C=O) groups excluding carboxylic acids is 1. The third kappa shape index (κ3) is 8.45. The number of hydrogen-bond acceptors (Lipinski definition) is 4. The van der Waals surface area contributed by atoms with Crippen LogP contribution in [0.4, 0.5) is 0 Å². The summed E-state index contributed by atoms with van der Waals surface area (Å²) in [5.74, 6) is -1.95. The fourth-order valence-electron chi connectivity index (χ4n) is 3.27. The Morgan fingerprint density at radius 2 is 1.60 bits per heavy atom. The monoisotopic (exact) mass is 410 g/mol. The standard InChI is InChI=1S/C23H30N4O3/c24-23(25)26-13-7-12-20(27-16-18-10-5-2-6-11-18)21(28)15-19(22(29)30)14-17-8-3-1-4-9-17/h1-6,8-11,19-20,27H,7,12-16H2,(H,29,30)(H4,24,25,26). The van der Waals surface area contributed by atoms with Crippen LogP contribution in [0.15, 0.2) is 60.7 Å². The molecule has 0 aliphatic rings. The molecule has 0 bridgehead atoms. The highest BCUT2D eigenvalue weighted by molar-refractivity contribution is 5.88. The number of carboxylic acid groups (broad SMARTS) is 1. The van der Waals surface area contributed by atoms with Crippen molar-refractivity contribution in [3.8, 4) is 0 Å².